The SMILES string of the molecule is O=C(COc1ccccc1Cl)OCc1cc2c(cc1Br)OCCO2. The van der Waals surface area contributed by atoms with Gasteiger partial charge in [-0.3, -0.25) is 0 Å². The fourth-order valence-electron chi connectivity index (χ4n) is 2.12. The summed E-state index contributed by atoms with van der Waals surface area (Å²) in [5, 5.41) is 0.444. The molecule has 0 fully saturated rings. The minimum Gasteiger partial charge on any atom is -0.486 e. The first-order valence-electron chi connectivity index (χ1n) is 7.24. The normalized spacial score (nSPS) is 12.6. The summed E-state index contributed by atoms with van der Waals surface area (Å²) in [5.74, 6) is 1.27. The van der Waals surface area contributed by atoms with Crippen LogP contribution in [0.1, 0.15) is 5.56 Å². The summed E-state index contributed by atoms with van der Waals surface area (Å²) in [6, 6.07) is 10.5. The number of halogens is 2. The number of benzene rings is 2. The maximum atomic E-state index is 11.8. The highest BCUT2D eigenvalue weighted by atomic mass is 79.9. The van der Waals surface area contributed by atoms with Crippen LogP contribution in [0.15, 0.2) is 40.9 Å². The largest absolute Gasteiger partial charge is 0.486 e. The quantitative estimate of drug-likeness (QED) is 0.694. The molecule has 0 unspecified atom stereocenters. The molecular formula is C17H14BrClO5. The Hall–Kier alpha value is -1.92. The lowest BCUT2D eigenvalue weighted by Gasteiger charge is -2.19. The molecule has 7 heteroatoms. The number of hydrogen-bond acceptors (Lipinski definition) is 5. The van der Waals surface area contributed by atoms with Crippen molar-refractivity contribution < 1.29 is 23.7 Å². The van der Waals surface area contributed by atoms with Crippen LogP contribution in [-0.2, 0) is 16.1 Å². The van der Waals surface area contributed by atoms with E-state index in [9.17, 15) is 4.79 Å². The highest BCUT2D eigenvalue weighted by molar-refractivity contribution is 9.10. The van der Waals surface area contributed by atoms with Crippen LogP contribution in [0.4, 0.5) is 0 Å². The van der Waals surface area contributed by atoms with Crippen LogP contribution in [0.25, 0.3) is 0 Å². The highest BCUT2D eigenvalue weighted by Crippen LogP contribution is 2.35. The topological polar surface area (TPSA) is 54.0 Å². The highest BCUT2D eigenvalue weighted by Gasteiger charge is 2.16. The van der Waals surface area contributed by atoms with E-state index >= 15 is 0 Å². The molecule has 0 aromatic heterocycles. The smallest absolute Gasteiger partial charge is 0.344 e. The molecule has 5 nitrogen and oxygen atoms in total. The van der Waals surface area contributed by atoms with E-state index in [0.717, 1.165) is 10.0 Å². The van der Waals surface area contributed by atoms with Crippen molar-refractivity contribution >= 4 is 33.5 Å². The number of rotatable bonds is 5. The first-order chi connectivity index (χ1) is 11.6. The summed E-state index contributed by atoms with van der Waals surface area (Å²) in [6.07, 6.45) is 0. The Morgan fingerprint density at radius 1 is 1.17 bits per heavy atom. The number of carbonyl (C=O) groups is 1. The van der Waals surface area contributed by atoms with Crippen molar-refractivity contribution in [1.29, 1.82) is 0 Å². The molecule has 0 atom stereocenters. The Kier molecular flexibility index (Phi) is 5.48. The van der Waals surface area contributed by atoms with E-state index in [4.69, 9.17) is 30.5 Å². The lowest BCUT2D eigenvalue weighted by Crippen LogP contribution is -2.17. The molecule has 24 heavy (non-hydrogen) atoms. The summed E-state index contributed by atoms with van der Waals surface area (Å²) < 4.78 is 22.4. The van der Waals surface area contributed by atoms with Gasteiger partial charge in [-0.05, 0) is 24.3 Å². The molecule has 0 saturated carbocycles. The fraction of sp³-hybridized carbons (Fsp3) is 0.235. The maximum absolute atomic E-state index is 11.8. The van der Waals surface area contributed by atoms with E-state index in [1.54, 1.807) is 36.4 Å². The van der Waals surface area contributed by atoms with Crippen LogP contribution in [0.5, 0.6) is 17.2 Å². The Morgan fingerprint density at radius 3 is 2.62 bits per heavy atom. The predicted molar refractivity (Wildman–Crippen MR) is 91.9 cm³/mol. The van der Waals surface area contributed by atoms with Crippen molar-refractivity contribution in [3.63, 3.8) is 0 Å². The second-order valence-corrected chi connectivity index (χ2v) is 6.23. The van der Waals surface area contributed by atoms with Crippen LogP contribution in [0, 0.1) is 0 Å². The fourth-order valence-corrected chi connectivity index (χ4v) is 2.74. The molecule has 0 amide bonds. The molecule has 3 rings (SSSR count). The van der Waals surface area contributed by atoms with Crippen LogP contribution in [0.2, 0.25) is 5.02 Å². The van der Waals surface area contributed by atoms with E-state index in [2.05, 4.69) is 15.9 Å². The number of para-hydroxylation sites is 1. The van der Waals surface area contributed by atoms with Gasteiger partial charge >= 0.3 is 5.97 Å². The molecule has 0 N–H and O–H groups in total. The van der Waals surface area contributed by atoms with Gasteiger partial charge in [-0.1, -0.05) is 39.7 Å². The van der Waals surface area contributed by atoms with Crippen molar-refractivity contribution in [2.45, 2.75) is 6.61 Å². The van der Waals surface area contributed by atoms with Crippen molar-refractivity contribution in [1.82, 2.24) is 0 Å². The lowest BCUT2D eigenvalue weighted by molar-refractivity contribution is -0.147. The third-order valence-electron chi connectivity index (χ3n) is 3.28. The molecular weight excluding hydrogens is 400 g/mol. The van der Waals surface area contributed by atoms with Crippen LogP contribution in [-0.4, -0.2) is 25.8 Å². The molecule has 0 aliphatic carbocycles. The van der Waals surface area contributed by atoms with Crippen LogP contribution in [0.3, 0.4) is 0 Å². The van der Waals surface area contributed by atoms with Crippen molar-refractivity contribution in [3.8, 4) is 17.2 Å². The van der Waals surface area contributed by atoms with Crippen molar-refractivity contribution in [2.24, 2.45) is 0 Å². The summed E-state index contributed by atoms with van der Waals surface area (Å²) in [4.78, 5) is 11.8. The first kappa shape index (κ1) is 16.9. The Morgan fingerprint density at radius 2 is 1.88 bits per heavy atom. The van der Waals surface area contributed by atoms with Crippen LogP contribution >= 0.6 is 27.5 Å². The minimum atomic E-state index is -0.489. The Labute approximate surface area is 152 Å². The zero-order chi connectivity index (χ0) is 16.9. The summed E-state index contributed by atoms with van der Waals surface area (Å²) >= 11 is 9.40. The van der Waals surface area contributed by atoms with E-state index < -0.39 is 5.97 Å². The van der Waals surface area contributed by atoms with Gasteiger partial charge in [-0.2, -0.15) is 0 Å². The first-order valence-corrected chi connectivity index (χ1v) is 8.41. The summed E-state index contributed by atoms with van der Waals surface area (Å²) in [7, 11) is 0. The van der Waals surface area contributed by atoms with Crippen molar-refractivity contribution in [2.75, 3.05) is 19.8 Å². The number of ether oxygens (including phenoxy) is 4. The second-order valence-electron chi connectivity index (χ2n) is 4.97. The molecule has 0 bridgehead atoms. The number of esters is 1. The monoisotopic (exact) mass is 412 g/mol. The molecule has 126 valence electrons. The van der Waals surface area contributed by atoms with Crippen molar-refractivity contribution in [3.05, 3.63) is 51.5 Å². The maximum Gasteiger partial charge on any atom is 0.344 e. The molecule has 2 aromatic carbocycles. The van der Waals surface area contributed by atoms with Gasteiger partial charge in [0, 0.05) is 10.0 Å². The van der Waals surface area contributed by atoms with Gasteiger partial charge in [-0.15, -0.1) is 0 Å². The standard InChI is InChI=1S/C17H14BrClO5/c18-12-8-16-15(21-5-6-22-16)7-11(12)9-24-17(20)10-23-14-4-2-1-3-13(14)19/h1-4,7-8H,5-6,9-10H2. The van der Waals surface area contributed by atoms with E-state index in [-0.39, 0.29) is 13.2 Å². The van der Waals surface area contributed by atoms with Gasteiger partial charge in [-0.25, -0.2) is 4.79 Å². The summed E-state index contributed by atoms with van der Waals surface area (Å²) in [6.45, 7) is 0.903. The molecule has 0 spiro atoms. The van der Waals surface area contributed by atoms with Gasteiger partial charge in [0.15, 0.2) is 18.1 Å². The Bertz CT molecular complexity index is 750. The number of carbonyl (C=O) groups excluding carboxylic acids is 1. The molecule has 2 aromatic rings. The zero-order valence-corrected chi connectivity index (χ0v) is 14.9. The molecule has 0 radical (unpaired) electrons. The Balaban J connectivity index is 1.55. The zero-order valence-electron chi connectivity index (χ0n) is 12.6. The predicted octanol–water partition coefficient (Wildman–Crippen LogP) is 4.00. The number of hydrogen-bond donors (Lipinski definition) is 0. The average Bonchev–Trinajstić information content (AvgIpc) is 2.59. The van der Waals surface area contributed by atoms with Gasteiger partial charge in [0.2, 0.25) is 0 Å². The second kappa shape index (κ2) is 7.77. The van der Waals surface area contributed by atoms with E-state index in [1.807, 2.05) is 0 Å². The molecule has 1 aliphatic rings. The average molecular weight is 414 g/mol. The lowest BCUT2D eigenvalue weighted by atomic mass is 10.2. The molecule has 1 aliphatic heterocycles. The molecule has 0 saturated heterocycles. The minimum absolute atomic E-state index is 0.0991. The van der Waals surface area contributed by atoms with Gasteiger partial charge < -0.3 is 18.9 Å². The third-order valence-corrected chi connectivity index (χ3v) is 4.33. The molecule has 1 heterocycles. The van der Waals surface area contributed by atoms with Gasteiger partial charge in [0.25, 0.3) is 0 Å². The third kappa shape index (κ3) is 4.13. The van der Waals surface area contributed by atoms with E-state index in [0.29, 0.717) is 35.5 Å². The van der Waals surface area contributed by atoms with Crippen LogP contribution < -0.4 is 14.2 Å². The van der Waals surface area contributed by atoms with Gasteiger partial charge in [0.1, 0.15) is 25.6 Å². The summed E-state index contributed by atoms with van der Waals surface area (Å²) in [5.41, 5.74) is 0.783. The van der Waals surface area contributed by atoms with E-state index in [1.165, 1.54) is 0 Å². The van der Waals surface area contributed by atoms with Gasteiger partial charge in [0.05, 0.1) is 5.02 Å². The number of fused-ring (bicyclic) bond motifs is 1.